The third-order valence-electron chi connectivity index (χ3n) is 5.51. The van der Waals surface area contributed by atoms with E-state index >= 15 is 0 Å². The van der Waals surface area contributed by atoms with Gasteiger partial charge in [0.25, 0.3) is 0 Å². The van der Waals surface area contributed by atoms with E-state index in [1.807, 2.05) is 12.1 Å². The molecule has 2 aromatic carbocycles. The van der Waals surface area contributed by atoms with Crippen molar-refractivity contribution in [3.8, 4) is 11.1 Å². The van der Waals surface area contributed by atoms with Crippen LogP contribution in [0, 0.1) is 5.92 Å². The van der Waals surface area contributed by atoms with Gasteiger partial charge < -0.3 is 11.5 Å². The van der Waals surface area contributed by atoms with E-state index in [1.165, 1.54) is 56.1 Å². The number of nitrogen functional groups attached to an aromatic ring is 2. The first kappa shape index (κ1) is 16.9. The molecule has 2 nitrogen and oxygen atoms in total. The lowest BCUT2D eigenvalue weighted by Gasteiger charge is -2.29. The molecule has 2 heteroatoms. The van der Waals surface area contributed by atoms with Gasteiger partial charge in [0, 0.05) is 11.4 Å². The Morgan fingerprint density at radius 1 is 0.833 bits per heavy atom. The van der Waals surface area contributed by atoms with Crippen molar-refractivity contribution in [1.82, 2.24) is 0 Å². The van der Waals surface area contributed by atoms with Crippen LogP contribution in [0.3, 0.4) is 0 Å². The molecule has 4 N–H and O–H groups in total. The summed E-state index contributed by atoms with van der Waals surface area (Å²) in [6, 6.07) is 14.8. The topological polar surface area (TPSA) is 52.0 Å². The summed E-state index contributed by atoms with van der Waals surface area (Å²) in [4.78, 5) is 0. The lowest BCUT2D eigenvalue weighted by Crippen LogP contribution is -2.13. The highest BCUT2D eigenvalue weighted by atomic mass is 14.6. The zero-order valence-electron chi connectivity index (χ0n) is 14.8. The molecule has 0 heterocycles. The zero-order valence-corrected chi connectivity index (χ0v) is 14.8. The van der Waals surface area contributed by atoms with Crippen LogP contribution in [0.15, 0.2) is 42.5 Å². The predicted octanol–water partition coefficient (Wildman–Crippen LogP) is 5.98. The molecule has 3 rings (SSSR count). The van der Waals surface area contributed by atoms with Crippen LogP contribution >= 0.6 is 0 Å². The highest BCUT2D eigenvalue weighted by Crippen LogP contribution is 2.38. The number of hydrogen-bond donors (Lipinski definition) is 2. The summed E-state index contributed by atoms with van der Waals surface area (Å²) in [5, 5.41) is 0. The third-order valence-corrected chi connectivity index (χ3v) is 5.51. The number of anilines is 2. The zero-order chi connectivity index (χ0) is 16.9. The minimum Gasteiger partial charge on any atom is -0.399 e. The SMILES string of the molecule is CCCCC1CCC(c2ccc(-c3cc(N)cc(N)c3)cc2)CC1. The number of unbranched alkanes of at least 4 members (excludes halogenated alkanes) is 1. The Kier molecular flexibility index (Phi) is 5.44. The standard InChI is InChI=1S/C22H30N2/c1-2-3-4-16-5-7-17(8-6-16)18-9-11-19(12-10-18)20-13-21(23)15-22(24)14-20/h9-17H,2-8,23-24H2,1H3. The Hall–Kier alpha value is -1.96. The van der Waals surface area contributed by atoms with Gasteiger partial charge in [0.15, 0.2) is 0 Å². The molecule has 1 aliphatic rings. The second kappa shape index (κ2) is 7.74. The second-order valence-corrected chi connectivity index (χ2v) is 7.37. The van der Waals surface area contributed by atoms with Gasteiger partial charge >= 0.3 is 0 Å². The first-order valence-corrected chi connectivity index (χ1v) is 9.42. The van der Waals surface area contributed by atoms with E-state index in [0.717, 1.165) is 28.8 Å². The van der Waals surface area contributed by atoms with Gasteiger partial charge in [-0.1, -0.05) is 50.5 Å². The van der Waals surface area contributed by atoms with Crippen molar-refractivity contribution >= 4 is 11.4 Å². The maximum absolute atomic E-state index is 5.91. The van der Waals surface area contributed by atoms with Crippen LogP contribution in [0.5, 0.6) is 0 Å². The highest BCUT2D eigenvalue weighted by molar-refractivity contribution is 5.72. The quantitative estimate of drug-likeness (QED) is 0.665. The molecule has 128 valence electrons. The van der Waals surface area contributed by atoms with Gasteiger partial charge in [-0.2, -0.15) is 0 Å². The van der Waals surface area contributed by atoms with E-state index in [4.69, 9.17) is 11.5 Å². The number of nitrogens with two attached hydrogens (primary N) is 2. The molecule has 0 atom stereocenters. The molecule has 2 aromatic rings. The summed E-state index contributed by atoms with van der Waals surface area (Å²) in [7, 11) is 0. The molecular weight excluding hydrogens is 292 g/mol. The molecule has 0 saturated heterocycles. The molecule has 1 fully saturated rings. The van der Waals surface area contributed by atoms with Gasteiger partial charge in [-0.05, 0) is 72.4 Å². The van der Waals surface area contributed by atoms with Crippen molar-refractivity contribution in [2.45, 2.75) is 57.8 Å². The minimum atomic E-state index is 0.722. The molecule has 0 aromatic heterocycles. The molecule has 0 unspecified atom stereocenters. The number of rotatable bonds is 5. The first-order chi connectivity index (χ1) is 11.7. The van der Waals surface area contributed by atoms with Gasteiger partial charge in [0.05, 0.1) is 0 Å². The van der Waals surface area contributed by atoms with Crippen molar-refractivity contribution in [2.24, 2.45) is 5.92 Å². The smallest absolute Gasteiger partial charge is 0.0340 e. The molecular formula is C22H30N2. The summed E-state index contributed by atoms with van der Waals surface area (Å²) in [5.41, 5.74) is 17.0. The average Bonchev–Trinajstić information content (AvgIpc) is 2.60. The lowest BCUT2D eigenvalue weighted by atomic mass is 9.77. The van der Waals surface area contributed by atoms with Gasteiger partial charge in [-0.3, -0.25) is 0 Å². The van der Waals surface area contributed by atoms with Crippen LogP contribution in [0.4, 0.5) is 11.4 Å². The highest BCUT2D eigenvalue weighted by Gasteiger charge is 2.21. The Bertz CT molecular complexity index is 632. The Morgan fingerprint density at radius 2 is 1.46 bits per heavy atom. The van der Waals surface area contributed by atoms with Gasteiger partial charge in [-0.15, -0.1) is 0 Å². The van der Waals surface area contributed by atoms with E-state index in [-0.39, 0.29) is 0 Å². The summed E-state index contributed by atoms with van der Waals surface area (Å²) in [5.74, 6) is 1.71. The van der Waals surface area contributed by atoms with E-state index < -0.39 is 0 Å². The largest absolute Gasteiger partial charge is 0.399 e. The molecule has 0 amide bonds. The average molecular weight is 322 g/mol. The Balaban J connectivity index is 1.65. The fourth-order valence-corrected chi connectivity index (χ4v) is 4.07. The van der Waals surface area contributed by atoms with Crippen molar-refractivity contribution in [3.63, 3.8) is 0 Å². The normalized spacial score (nSPS) is 20.9. The predicted molar refractivity (Wildman–Crippen MR) is 105 cm³/mol. The van der Waals surface area contributed by atoms with E-state index in [0.29, 0.717) is 0 Å². The molecule has 1 saturated carbocycles. The molecule has 1 aliphatic carbocycles. The van der Waals surface area contributed by atoms with Crippen LogP contribution in [0.2, 0.25) is 0 Å². The Morgan fingerprint density at radius 3 is 2.04 bits per heavy atom. The van der Waals surface area contributed by atoms with Gasteiger partial charge in [0.2, 0.25) is 0 Å². The number of hydrogen-bond acceptors (Lipinski definition) is 2. The first-order valence-electron chi connectivity index (χ1n) is 9.42. The van der Waals surface area contributed by atoms with Crippen LogP contribution < -0.4 is 11.5 Å². The fourth-order valence-electron chi connectivity index (χ4n) is 4.07. The monoisotopic (exact) mass is 322 g/mol. The van der Waals surface area contributed by atoms with Gasteiger partial charge in [-0.25, -0.2) is 0 Å². The van der Waals surface area contributed by atoms with E-state index in [1.54, 1.807) is 6.07 Å². The summed E-state index contributed by atoms with van der Waals surface area (Å²) >= 11 is 0. The van der Waals surface area contributed by atoms with Crippen molar-refractivity contribution in [3.05, 3.63) is 48.0 Å². The van der Waals surface area contributed by atoms with Crippen LogP contribution in [-0.4, -0.2) is 0 Å². The molecule has 0 aliphatic heterocycles. The maximum Gasteiger partial charge on any atom is 0.0340 e. The van der Waals surface area contributed by atoms with Crippen molar-refractivity contribution in [1.29, 1.82) is 0 Å². The molecule has 0 bridgehead atoms. The molecule has 0 spiro atoms. The molecule has 0 radical (unpaired) electrons. The van der Waals surface area contributed by atoms with Crippen LogP contribution in [0.25, 0.3) is 11.1 Å². The Labute approximate surface area is 146 Å². The van der Waals surface area contributed by atoms with Crippen molar-refractivity contribution in [2.75, 3.05) is 11.5 Å². The summed E-state index contributed by atoms with van der Waals surface area (Å²) in [6.45, 7) is 2.29. The summed E-state index contributed by atoms with van der Waals surface area (Å²) < 4.78 is 0. The second-order valence-electron chi connectivity index (χ2n) is 7.37. The minimum absolute atomic E-state index is 0.722. The fraction of sp³-hybridized carbons (Fsp3) is 0.455. The van der Waals surface area contributed by atoms with Crippen LogP contribution in [-0.2, 0) is 0 Å². The number of benzene rings is 2. The van der Waals surface area contributed by atoms with E-state index in [9.17, 15) is 0 Å². The molecule has 24 heavy (non-hydrogen) atoms. The van der Waals surface area contributed by atoms with Crippen LogP contribution in [0.1, 0.15) is 63.4 Å². The van der Waals surface area contributed by atoms with E-state index in [2.05, 4.69) is 31.2 Å². The summed E-state index contributed by atoms with van der Waals surface area (Å²) in [6.07, 6.45) is 9.65. The lowest BCUT2D eigenvalue weighted by molar-refractivity contribution is 0.304. The maximum atomic E-state index is 5.91. The van der Waals surface area contributed by atoms with Crippen molar-refractivity contribution < 1.29 is 0 Å². The van der Waals surface area contributed by atoms with Gasteiger partial charge in [0.1, 0.15) is 0 Å². The third kappa shape index (κ3) is 4.11.